The molecule has 1 heterocycles. The van der Waals surface area contributed by atoms with E-state index in [0.29, 0.717) is 5.82 Å². The van der Waals surface area contributed by atoms with Gasteiger partial charge in [0.1, 0.15) is 11.6 Å². The highest BCUT2D eigenvalue weighted by atomic mass is 16.5. The van der Waals surface area contributed by atoms with Crippen LogP contribution >= 0.6 is 0 Å². The molecule has 22 heavy (non-hydrogen) atoms. The normalized spacial score (nSPS) is 12.2. The van der Waals surface area contributed by atoms with E-state index in [4.69, 9.17) is 16.2 Å². The lowest BCUT2D eigenvalue weighted by molar-refractivity contribution is 0.225. The van der Waals surface area contributed by atoms with Crippen molar-refractivity contribution in [1.82, 2.24) is 4.98 Å². The van der Waals surface area contributed by atoms with Gasteiger partial charge in [-0.1, -0.05) is 24.3 Å². The van der Waals surface area contributed by atoms with E-state index in [-0.39, 0.29) is 6.10 Å². The molecule has 0 aliphatic carbocycles. The first kappa shape index (κ1) is 14.2. The second kappa shape index (κ2) is 5.93. The molecule has 1 atom stereocenters. The second-order valence-corrected chi connectivity index (χ2v) is 5.42. The molecule has 0 saturated heterocycles. The lowest BCUT2D eigenvalue weighted by Gasteiger charge is -2.17. The molecule has 0 aliphatic heterocycles. The third-order valence-corrected chi connectivity index (χ3v) is 3.61. The molecular weight excluding hydrogens is 274 g/mol. The van der Waals surface area contributed by atoms with Crippen LogP contribution in [-0.2, 0) is 6.42 Å². The fourth-order valence-corrected chi connectivity index (χ4v) is 2.61. The third kappa shape index (κ3) is 2.96. The summed E-state index contributed by atoms with van der Waals surface area (Å²) in [5.41, 5.74) is 13.6. The van der Waals surface area contributed by atoms with Crippen molar-refractivity contribution in [1.29, 1.82) is 0 Å². The number of fused-ring (bicyclic) bond motifs is 1. The molecule has 0 spiro atoms. The lowest BCUT2D eigenvalue weighted by Crippen LogP contribution is -2.15. The molecule has 4 N–H and O–H groups in total. The Morgan fingerprint density at radius 2 is 1.82 bits per heavy atom. The van der Waals surface area contributed by atoms with E-state index in [0.717, 1.165) is 34.2 Å². The zero-order valence-corrected chi connectivity index (χ0v) is 12.5. The van der Waals surface area contributed by atoms with Gasteiger partial charge in [-0.25, -0.2) is 4.98 Å². The van der Waals surface area contributed by atoms with Gasteiger partial charge in [-0.05, 0) is 36.8 Å². The molecule has 0 saturated carbocycles. The first-order chi connectivity index (χ1) is 10.6. The Kier molecular flexibility index (Phi) is 3.83. The van der Waals surface area contributed by atoms with Crippen molar-refractivity contribution < 1.29 is 4.74 Å². The molecular formula is C18H19N3O. The molecule has 0 aliphatic rings. The number of nitrogens with two attached hydrogens (primary N) is 2. The third-order valence-electron chi connectivity index (χ3n) is 3.61. The number of nitrogen functional groups attached to an aromatic ring is 2. The summed E-state index contributed by atoms with van der Waals surface area (Å²) in [6.45, 7) is 2.04. The van der Waals surface area contributed by atoms with E-state index >= 15 is 0 Å². The van der Waals surface area contributed by atoms with Crippen molar-refractivity contribution in [3.63, 3.8) is 0 Å². The second-order valence-electron chi connectivity index (χ2n) is 5.42. The van der Waals surface area contributed by atoms with Gasteiger partial charge in [0.05, 0.1) is 6.10 Å². The topological polar surface area (TPSA) is 74.2 Å². The number of anilines is 2. The standard InChI is InChI=1S/C18H19N3O/c1-12(10-13-8-9-21-18(20)11-13)22-17-7-6-16(19)14-4-2-3-5-15(14)17/h2-9,11-12H,10,19H2,1H3,(H2,20,21). The summed E-state index contributed by atoms with van der Waals surface area (Å²) < 4.78 is 6.11. The predicted octanol–water partition coefficient (Wildman–Crippen LogP) is 3.41. The number of pyridine rings is 1. The van der Waals surface area contributed by atoms with Crippen molar-refractivity contribution >= 4 is 22.3 Å². The van der Waals surface area contributed by atoms with Gasteiger partial charge in [0.25, 0.3) is 0 Å². The SMILES string of the molecule is CC(Cc1ccnc(N)c1)Oc1ccc(N)c2ccccc12. The van der Waals surface area contributed by atoms with Crippen molar-refractivity contribution in [3.05, 3.63) is 60.3 Å². The summed E-state index contributed by atoms with van der Waals surface area (Å²) in [5.74, 6) is 1.38. The average Bonchev–Trinajstić information content (AvgIpc) is 2.50. The zero-order chi connectivity index (χ0) is 15.5. The van der Waals surface area contributed by atoms with Gasteiger partial charge >= 0.3 is 0 Å². The van der Waals surface area contributed by atoms with Crippen molar-refractivity contribution in [2.24, 2.45) is 0 Å². The van der Waals surface area contributed by atoms with E-state index in [1.165, 1.54) is 0 Å². The van der Waals surface area contributed by atoms with E-state index in [1.54, 1.807) is 6.20 Å². The number of hydrogen-bond donors (Lipinski definition) is 2. The Bertz CT molecular complexity index is 801. The van der Waals surface area contributed by atoms with Crippen LogP contribution in [0.4, 0.5) is 11.5 Å². The van der Waals surface area contributed by atoms with Crippen molar-refractivity contribution in [2.75, 3.05) is 11.5 Å². The predicted molar refractivity (Wildman–Crippen MR) is 90.8 cm³/mol. The van der Waals surface area contributed by atoms with Crippen LogP contribution in [-0.4, -0.2) is 11.1 Å². The van der Waals surface area contributed by atoms with Gasteiger partial charge in [0, 0.05) is 29.1 Å². The quantitative estimate of drug-likeness (QED) is 0.723. The van der Waals surface area contributed by atoms with Gasteiger partial charge in [0.15, 0.2) is 0 Å². The zero-order valence-electron chi connectivity index (χ0n) is 12.5. The molecule has 3 aromatic rings. The largest absolute Gasteiger partial charge is 0.490 e. The maximum Gasteiger partial charge on any atom is 0.127 e. The molecule has 0 bridgehead atoms. The Balaban J connectivity index is 1.82. The van der Waals surface area contributed by atoms with Gasteiger partial charge in [-0.15, -0.1) is 0 Å². The smallest absolute Gasteiger partial charge is 0.127 e. The van der Waals surface area contributed by atoms with Crippen LogP contribution in [0, 0.1) is 0 Å². The van der Waals surface area contributed by atoms with Gasteiger partial charge in [-0.3, -0.25) is 0 Å². The Morgan fingerprint density at radius 1 is 1.05 bits per heavy atom. The van der Waals surface area contributed by atoms with Gasteiger partial charge in [-0.2, -0.15) is 0 Å². The molecule has 112 valence electrons. The minimum Gasteiger partial charge on any atom is -0.490 e. The first-order valence-corrected chi connectivity index (χ1v) is 7.28. The molecule has 1 unspecified atom stereocenters. The molecule has 1 aromatic heterocycles. The van der Waals surface area contributed by atoms with Gasteiger partial charge < -0.3 is 16.2 Å². The van der Waals surface area contributed by atoms with Crippen molar-refractivity contribution in [3.8, 4) is 5.75 Å². The fourth-order valence-electron chi connectivity index (χ4n) is 2.61. The molecule has 0 radical (unpaired) electrons. The van der Waals surface area contributed by atoms with Crippen LogP contribution in [0.25, 0.3) is 10.8 Å². The Labute approximate surface area is 129 Å². The van der Waals surface area contributed by atoms with Crippen LogP contribution in [0.15, 0.2) is 54.7 Å². The maximum absolute atomic E-state index is 6.11. The Hall–Kier alpha value is -2.75. The number of nitrogens with zero attached hydrogens (tertiary/aromatic N) is 1. The summed E-state index contributed by atoms with van der Waals surface area (Å²) in [4.78, 5) is 4.00. The Morgan fingerprint density at radius 3 is 2.59 bits per heavy atom. The van der Waals surface area contributed by atoms with Crippen LogP contribution in [0.1, 0.15) is 12.5 Å². The molecule has 0 amide bonds. The maximum atomic E-state index is 6.11. The van der Waals surface area contributed by atoms with Gasteiger partial charge in [0.2, 0.25) is 0 Å². The average molecular weight is 293 g/mol. The minimum absolute atomic E-state index is 0.0221. The molecule has 0 fully saturated rings. The van der Waals surface area contributed by atoms with E-state index in [9.17, 15) is 0 Å². The van der Waals surface area contributed by atoms with Crippen LogP contribution in [0.5, 0.6) is 5.75 Å². The van der Waals surface area contributed by atoms with Crippen LogP contribution in [0.2, 0.25) is 0 Å². The highest BCUT2D eigenvalue weighted by Crippen LogP contribution is 2.30. The molecule has 4 nitrogen and oxygen atoms in total. The number of ether oxygens (including phenoxy) is 1. The number of aromatic nitrogens is 1. The summed E-state index contributed by atoms with van der Waals surface area (Å²) in [6, 6.07) is 15.6. The van der Waals surface area contributed by atoms with Crippen molar-refractivity contribution in [2.45, 2.75) is 19.4 Å². The monoisotopic (exact) mass is 293 g/mol. The van der Waals surface area contributed by atoms with Crippen LogP contribution in [0.3, 0.4) is 0 Å². The van der Waals surface area contributed by atoms with E-state index < -0.39 is 0 Å². The summed E-state index contributed by atoms with van der Waals surface area (Å²) in [5, 5.41) is 2.05. The summed E-state index contributed by atoms with van der Waals surface area (Å²) in [6.07, 6.45) is 2.51. The van der Waals surface area contributed by atoms with Crippen LogP contribution < -0.4 is 16.2 Å². The van der Waals surface area contributed by atoms with E-state index in [2.05, 4.69) is 4.98 Å². The number of hydrogen-bond acceptors (Lipinski definition) is 4. The lowest BCUT2D eigenvalue weighted by atomic mass is 10.1. The first-order valence-electron chi connectivity index (χ1n) is 7.28. The molecule has 3 rings (SSSR count). The number of rotatable bonds is 4. The number of benzene rings is 2. The highest BCUT2D eigenvalue weighted by molar-refractivity contribution is 5.96. The summed E-state index contributed by atoms with van der Waals surface area (Å²) in [7, 11) is 0. The highest BCUT2D eigenvalue weighted by Gasteiger charge is 2.10. The fraction of sp³-hybridized carbons (Fsp3) is 0.167. The minimum atomic E-state index is 0.0221. The summed E-state index contributed by atoms with van der Waals surface area (Å²) >= 11 is 0. The molecule has 2 aromatic carbocycles. The molecule has 4 heteroatoms. The van der Waals surface area contributed by atoms with E-state index in [1.807, 2.05) is 55.5 Å².